The van der Waals surface area contributed by atoms with Gasteiger partial charge in [0.1, 0.15) is 23.0 Å². The molecule has 43 heavy (non-hydrogen) atoms. The number of rotatable bonds is 6. The van der Waals surface area contributed by atoms with Crippen LogP contribution in [0.1, 0.15) is 38.8 Å². The second-order valence-electron chi connectivity index (χ2n) is 11.2. The summed E-state index contributed by atoms with van der Waals surface area (Å²) in [5.41, 5.74) is 3.56. The molecule has 0 aromatic heterocycles. The molecule has 4 aromatic rings. The smallest absolute Gasteiger partial charge is 0.238 e. The SMILES string of the molecule is COc1ccc(C(=O)[C@@H]2[C@H](C(=O)c3cccc(OC)c3)N3c4ccccc4C(C)=C[C@@H]3[C@@]23C(=O)Nc2ccccc23)cc1. The van der Waals surface area contributed by atoms with Gasteiger partial charge in [0.05, 0.1) is 26.2 Å². The number of hydrogen-bond donors (Lipinski definition) is 1. The first-order valence-corrected chi connectivity index (χ1v) is 14.2. The summed E-state index contributed by atoms with van der Waals surface area (Å²) in [4.78, 5) is 46.3. The Morgan fingerprint density at radius 1 is 0.791 bits per heavy atom. The van der Waals surface area contributed by atoms with E-state index in [0.717, 1.165) is 16.8 Å². The van der Waals surface area contributed by atoms with Gasteiger partial charge in [-0.15, -0.1) is 0 Å². The van der Waals surface area contributed by atoms with Crippen molar-refractivity contribution in [3.8, 4) is 11.5 Å². The Morgan fingerprint density at radius 2 is 1.51 bits per heavy atom. The molecule has 1 saturated heterocycles. The molecule has 0 saturated carbocycles. The number of hydrogen-bond acceptors (Lipinski definition) is 6. The van der Waals surface area contributed by atoms with Crippen molar-refractivity contribution in [2.24, 2.45) is 5.92 Å². The Bertz CT molecular complexity index is 1830. The van der Waals surface area contributed by atoms with Gasteiger partial charge in [-0.3, -0.25) is 14.4 Å². The zero-order chi connectivity index (χ0) is 29.9. The summed E-state index contributed by atoms with van der Waals surface area (Å²) in [5, 5.41) is 3.08. The maximum absolute atomic E-state index is 14.9. The van der Waals surface area contributed by atoms with Gasteiger partial charge in [-0.05, 0) is 66.6 Å². The molecular weight excluding hydrogens is 540 g/mol. The van der Waals surface area contributed by atoms with Crippen molar-refractivity contribution in [3.63, 3.8) is 0 Å². The third kappa shape index (κ3) is 3.77. The topological polar surface area (TPSA) is 84.9 Å². The molecular formula is C36H30N2O5. The van der Waals surface area contributed by atoms with Crippen LogP contribution in [0.2, 0.25) is 0 Å². The Labute approximate surface area is 249 Å². The van der Waals surface area contributed by atoms with Crippen molar-refractivity contribution in [2.45, 2.75) is 24.4 Å². The van der Waals surface area contributed by atoms with E-state index in [1.807, 2.05) is 60.4 Å². The van der Waals surface area contributed by atoms with Gasteiger partial charge in [-0.25, -0.2) is 0 Å². The summed E-state index contributed by atoms with van der Waals surface area (Å²) in [5.74, 6) is -0.743. The fourth-order valence-corrected chi connectivity index (χ4v) is 7.27. The minimum absolute atomic E-state index is 0.257. The highest BCUT2D eigenvalue weighted by molar-refractivity contribution is 6.18. The summed E-state index contributed by atoms with van der Waals surface area (Å²) >= 11 is 0. The third-order valence-corrected chi connectivity index (χ3v) is 9.16. The van der Waals surface area contributed by atoms with E-state index in [1.165, 1.54) is 0 Å². The Kier molecular flexibility index (Phi) is 6.20. The largest absolute Gasteiger partial charge is 0.497 e. The van der Waals surface area contributed by atoms with Gasteiger partial charge in [0, 0.05) is 28.1 Å². The predicted octanol–water partition coefficient (Wildman–Crippen LogP) is 5.95. The highest BCUT2D eigenvalue weighted by Crippen LogP contribution is 2.58. The highest BCUT2D eigenvalue weighted by atomic mass is 16.5. The van der Waals surface area contributed by atoms with Gasteiger partial charge in [0.15, 0.2) is 11.6 Å². The van der Waals surface area contributed by atoms with E-state index in [4.69, 9.17) is 9.47 Å². The number of ketones is 2. The second kappa shape index (κ2) is 9.98. The first kappa shape index (κ1) is 26.7. The van der Waals surface area contributed by atoms with Crippen LogP contribution in [-0.2, 0) is 10.2 Å². The number of amides is 1. The van der Waals surface area contributed by atoms with Crippen LogP contribution in [-0.4, -0.2) is 43.8 Å². The Morgan fingerprint density at radius 3 is 2.28 bits per heavy atom. The van der Waals surface area contributed by atoms with E-state index in [0.29, 0.717) is 33.9 Å². The van der Waals surface area contributed by atoms with Crippen molar-refractivity contribution >= 4 is 34.4 Å². The summed E-state index contributed by atoms with van der Waals surface area (Å²) in [6.45, 7) is 2.01. The Balaban J connectivity index is 1.53. The number of ether oxygens (including phenoxy) is 2. The molecule has 1 fully saturated rings. The lowest BCUT2D eigenvalue weighted by molar-refractivity contribution is -0.121. The number of anilines is 2. The number of carbonyl (C=O) groups is 3. The molecule has 1 amide bonds. The molecule has 3 aliphatic rings. The van der Waals surface area contributed by atoms with Crippen LogP contribution < -0.4 is 19.7 Å². The van der Waals surface area contributed by atoms with Crippen molar-refractivity contribution in [1.29, 1.82) is 0 Å². The van der Waals surface area contributed by atoms with Crippen molar-refractivity contribution in [3.05, 3.63) is 125 Å². The molecule has 3 heterocycles. The Hall–Kier alpha value is -5.17. The van der Waals surface area contributed by atoms with Crippen LogP contribution in [0.3, 0.4) is 0 Å². The number of para-hydroxylation sites is 2. The van der Waals surface area contributed by atoms with Crippen LogP contribution in [0.25, 0.3) is 5.57 Å². The molecule has 1 spiro atoms. The number of nitrogens with one attached hydrogen (secondary N) is 1. The van der Waals surface area contributed by atoms with Crippen LogP contribution in [0.5, 0.6) is 11.5 Å². The molecule has 214 valence electrons. The molecule has 0 aliphatic carbocycles. The molecule has 1 N–H and O–H groups in total. The molecule has 4 atom stereocenters. The van der Waals surface area contributed by atoms with E-state index in [9.17, 15) is 14.4 Å². The lowest BCUT2D eigenvalue weighted by Gasteiger charge is -2.39. The molecule has 3 aliphatic heterocycles. The highest BCUT2D eigenvalue weighted by Gasteiger charge is 2.70. The molecule has 0 bridgehead atoms. The lowest BCUT2D eigenvalue weighted by atomic mass is 9.64. The van der Waals surface area contributed by atoms with Gasteiger partial charge < -0.3 is 19.7 Å². The molecule has 7 nitrogen and oxygen atoms in total. The number of fused-ring (bicyclic) bond motifs is 6. The normalized spacial score (nSPS) is 23.1. The number of Topliss-reactive ketones (excluding diaryl/α,β-unsaturated/α-hetero) is 2. The minimum Gasteiger partial charge on any atom is -0.497 e. The monoisotopic (exact) mass is 570 g/mol. The summed E-state index contributed by atoms with van der Waals surface area (Å²) in [6, 6.07) is 27.6. The fourth-order valence-electron chi connectivity index (χ4n) is 7.27. The van der Waals surface area contributed by atoms with Gasteiger partial charge in [-0.2, -0.15) is 0 Å². The van der Waals surface area contributed by atoms with Crippen molar-refractivity contribution in [1.82, 2.24) is 0 Å². The standard InChI is InChI=1S/C36H30N2O5/c1-21-19-30-36(27-12-5-6-13-28(27)37-35(36)41)31(33(39)22-15-17-24(42-2)18-16-22)32(38(30)29-14-7-4-11-26(21)29)34(40)23-9-8-10-25(20-23)43-3/h4-20,30-32H,1-3H3,(H,37,41)/t30-,31+,32-,36-/m1/s1. The summed E-state index contributed by atoms with van der Waals surface area (Å²) < 4.78 is 10.8. The third-order valence-electron chi connectivity index (χ3n) is 9.16. The zero-order valence-corrected chi connectivity index (χ0v) is 24.0. The first-order valence-electron chi connectivity index (χ1n) is 14.2. The number of benzene rings is 4. The van der Waals surface area contributed by atoms with Crippen molar-refractivity contribution < 1.29 is 23.9 Å². The van der Waals surface area contributed by atoms with Crippen molar-refractivity contribution in [2.75, 3.05) is 24.4 Å². The number of nitrogens with zero attached hydrogens (tertiary/aromatic N) is 1. The van der Waals surface area contributed by atoms with E-state index >= 15 is 0 Å². The maximum Gasteiger partial charge on any atom is 0.238 e. The maximum atomic E-state index is 14.9. The molecule has 0 radical (unpaired) electrons. The van der Waals surface area contributed by atoms with Crippen LogP contribution in [0.15, 0.2) is 103 Å². The first-order chi connectivity index (χ1) is 20.9. The molecule has 7 rings (SSSR count). The minimum atomic E-state index is -1.37. The van der Waals surface area contributed by atoms with Crippen LogP contribution in [0.4, 0.5) is 11.4 Å². The molecule has 0 unspecified atom stereocenters. The van der Waals surface area contributed by atoms with Gasteiger partial charge in [0.25, 0.3) is 0 Å². The second-order valence-corrected chi connectivity index (χ2v) is 11.2. The van der Waals surface area contributed by atoms with Crippen LogP contribution in [0, 0.1) is 5.92 Å². The summed E-state index contributed by atoms with van der Waals surface area (Å²) in [7, 11) is 3.12. The fraction of sp³-hybridized carbons (Fsp3) is 0.194. The molecule has 4 aromatic carbocycles. The average Bonchev–Trinajstić information content (AvgIpc) is 3.52. The lowest BCUT2D eigenvalue weighted by Crippen LogP contribution is -2.51. The summed E-state index contributed by atoms with van der Waals surface area (Å²) in [6.07, 6.45) is 2.05. The van der Waals surface area contributed by atoms with E-state index in [-0.39, 0.29) is 17.5 Å². The van der Waals surface area contributed by atoms with Gasteiger partial charge >= 0.3 is 0 Å². The molecule has 7 heteroatoms. The predicted molar refractivity (Wildman–Crippen MR) is 165 cm³/mol. The number of carbonyl (C=O) groups excluding carboxylic acids is 3. The van der Waals surface area contributed by atoms with Gasteiger partial charge in [-0.1, -0.05) is 54.6 Å². The average molecular weight is 571 g/mol. The van der Waals surface area contributed by atoms with Crippen LogP contribution >= 0.6 is 0 Å². The number of allylic oxidation sites excluding steroid dienone is 1. The number of methoxy groups -OCH3 is 2. The van der Waals surface area contributed by atoms with E-state index in [1.54, 1.807) is 62.8 Å². The van der Waals surface area contributed by atoms with Gasteiger partial charge in [0.2, 0.25) is 5.91 Å². The van der Waals surface area contributed by atoms with E-state index < -0.39 is 23.4 Å². The van der Waals surface area contributed by atoms with E-state index in [2.05, 4.69) is 11.4 Å². The quantitative estimate of drug-likeness (QED) is 0.289. The zero-order valence-electron chi connectivity index (χ0n) is 24.0.